The summed E-state index contributed by atoms with van der Waals surface area (Å²) in [5, 5.41) is 0. The molecule has 0 saturated carbocycles. The monoisotopic (exact) mass is 366 g/mol. The van der Waals surface area contributed by atoms with Gasteiger partial charge in [0.1, 0.15) is 0 Å². The van der Waals surface area contributed by atoms with E-state index in [2.05, 4.69) is 0 Å². The van der Waals surface area contributed by atoms with Crippen LogP contribution in [0.25, 0.3) is 0 Å². The van der Waals surface area contributed by atoms with Crippen LogP contribution in [0.5, 0.6) is 0 Å². The fraction of sp³-hybridized carbons (Fsp3) is 0. The average molecular weight is 367 g/mol. The topological polar surface area (TPSA) is 59.1 Å². The molecule has 0 aliphatic carbocycles. The number of hydrogen-bond acceptors (Lipinski definition) is 6. The molecule has 0 unspecified atom stereocenters. The molecule has 0 N–H and O–H groups in total. The van der Waals surface area contributed by atoms with Gasteiger partial charge in [-0.25, -0.2) is 9.59 Å². The van der Waals surface area contributed by atoms with Crippen molar-refractivity contribution < 1.29 is 19.3 Å². The van der Waals surface area contributed by atoms with Crippen molar-refractivity contribution in [2.75, 3.05) is 9.16 Å². The molecule has 0 bridgehead atoms. The van der Waals surface area contributed by atoms with E-state index in [4.69, 9.17) is 33.2 Å². The number of hydrogen-bond donors (Lipinski definition) is 0. The van der Waals surface area contributed by atoms with E-state index < -0.39 is 11.9 Å². The average Bonchev–Trinajstić information content (AvgIpc) is 2.61. The van der Waals surface area contributed by atoms with Crippen LogP contribution in [0, 0.1) is 0 Å². The number of nitrogens with zero attached hydrogens (tertiary/aromatic N) is 2. The highest BCUT2D eigenvalue weighted by atomic mass is 35.5. The van der Waals surface area contributed by atoms with Crippen molar-refractivity contribution in [3.8, 4) is 0 Å². The normalized spacial score (nSPS) is 10.2. The van der Waals surface area contributed by atoms with Gasteiger partial charge in [0, 0.05) is 12.2 Å². The van der Waals surface area contributed by atoms with Gasteiger partial charge in [-0.2, -0.15) is 0 Å². The number of halogens is 2. The van der Waals surface area contributed by atoms with Crippen molar-refractivity contribution >= 4 is 46.9 Å². The Kier molecular flexibility index (Phi) is 6.48. The molecule has 0 atom stereocenters. The van der Waals surface area contributed by atoms with Crippen molar-refractivity contribution in [3.63, 3.8) is 0 Å². The van der Waals surface area contributed by atoms with Gasteiger partial charge < -0.3 is 9.68 Å². The number of rotatable bonds is 6. The Bertz CT molecular complexity index is 649. The van der Waals surface area contributed by atoms with E-state index in [0.29, 0.717) is 11.4 Å². The fourth-order valence-corrected chi connectivity index (χ4v) is 1.91. The molecule has 2 aromatic rings. The Labute approximate surface area is 148 Å². The standard InChI is InChI=1S/C16H12Cl2N2O4/c17-19(13-7-3-1-4-8-13)23-15(21)11-12-16(22)24-20(18)14-9-5-2-6-10-14/h1-12H/b12-11-. The lowest BCUT2D eigenvalue weighted by Crippen LogP contribution is -2.18. The molecule has 2 rings (SSSR count). The molecule has 124 valence electrons. The summed E-state index contributed by atoms with van der Waals surface area (Å²) in [4.78, 5) is 32.8. The molecule has 0 heterocycles. The first-order chi connectivity index (χ1) is 11.6. The van der Waals surface area contributed by atoms with E-state index in [1.807, 2.05) is 0 Å². The summed E-state index contributed by atoms with van der Waals surface area (Å²) < 4.78 is 1.52. The summed E-state index contributed by atoms with van der Waals surface area (Å²) in [5.74, 6) is -1.71. The van der Waals surface area contributed by atoms with Crippen LogP contribution in [-0.4, -0.2) is 11.9 Å². The van der Waals surface area contributed by atoms with Crippen LogP contribution in [0.1, 0.15) is 0 Å². The Hall–Kier alpha value is -2.70. The largest absolute Gasteiger partial charge is 0.358 e. The van der Waals surface area contributed by atoms with Crippen molar-refractivity contribution in [1.82, 2.24) is 0 Å². The second-order valence-corrected chi connectivity index (χ2v) is 4.93. The smallest absolute Gasteiger partial charge is 0.320 e. The maximum absolute atomic E-state index is 11.6. The molecular formula is C16H12Cl2N2O4. The minimum atomic E-state index is -0.855. The molecule has 6 nitrogen and oxygen atoms in total. The Morgan fingerprint density at radius 2 is 1.04 bits per heavy atom. The molecule has 0 spiro atoms. The number of anilines is 2. The zero-order chi connectivity index (χ0) is 17.4. The molecule has 24 heavy (non-hydrogen) atoms. The van der Waals surface area contributed by atoms with Gasteiger partial charge in [0.15, 0.2) is 0 Å². The molecule has 2 aromatic carbocycles. The predicted molar refractivity (Wildman–Crippen MR) is 90.9 cm³/mol. The van der Waals surface area contributed by atoms with Crippen LogP contribution >= 0.6 is 23.6 Å². The highest BCUT2D eigenvalue weighted by Crippen LogP contribution is 2.17. The van der Waals surface area contributed by atoms with Crippen molar-refractivity contribution in [2.45, 2.75) is 0 Å². The Morgan fingerprint density at radius 1 is 0.708 bits per heavy atom. The second kappa shape index (κ2) is 8.81. The van der Waals surface area contributed by atoms with E-state index in [1.165, 1.54) is 0 Å². The second-order valence-electron chi connectivity index (χ2n) is 4.31. The van der Waals surface area contributed by atoms with Crippen LogP contribution < -0.4 is 9.16 Å². The van der Waals surface area contributed by atoms with Gasteiger partial charge in [0.05, 0.1) is 34.9 Å². The molecular weight excluding hydrogens is 355 g/mol. The van der Waals surface area contributed by atoms with Crippen molar-refractivity contribution in [2.24, 2.45) is 0 Å². The van der Waals surface area contributed by atoms with Gasteiger partial charge in [-0.15, -0.1) is 9.16 Å². The van der Waals surface area contributed by atoms with Crippen LogP contribution in [0.4, 0.5) is 11.4 Å². The van der Waals surface area contributed by atoms with Crippen molar-refractivity contribution in [3.05, 3.63) is 72.8 Å². The number of carbonyl (C=O) groups excluding carboxylic acids is 2. The summed E-state index contributed by atoms with van der Waals surface area (Å²) in [6.45, 7) is 0. The highest BCUT2D eigenvalue weighted by molar-refractivity contribution is 6.25. The van der Waals surface area contributed by atoms with Crippen LogP contribution in [0.2, 0.25) is 0 Å². The molecule has 0 radical (unpaired) electrons. The Morgan fingerprint density at radius 3 is 1.38 bits per heavy atom. The minimum absolute atomic E-state index is 0.458. The van der Waals surface area contributed by atoms with Gasteiger partial charge in [-0.1, -0.05) is 36.4 Å². The number of carbonyl (C=O) groups is 2. The summed E-state index contributed by atoms with van der Waals surface area (Å²) >= 11 is 11.6. The highest BCUT2D eigenvalue weighted by Gasteiger charge is 2.11. The van der Waals surface area contributed by atoms with Gasteiger partial charge in [0.25, 0.3) is 0 Å². The third kappa shape index (κ3) is 5.49. The van der Waals surface area contributed by atoms with Crippen LogP contribution in [0.3, 0.4) is 0 Å². The molecule has 0 aliphatic rings. The summed E-state index contributed by atoms with van der Waals surface area (Å²) in [6, 6.07) is 17.1. The van der Waals surface area contributed by atoms with E-state index in [1.54, 1.807) is 60.7 Å². The van der Waals surface area contributed by atoms with Crippen LogP contribution in [-0.2, 0) is 19.3 Å². The number of para-hydroxylation sites is 2. The molecule has 0 aliphatic heterocycles. The summed E-state index contributed by atoms with van der Waals surface area (Å²) in [7, 11) is 0. The SMILES string of the molecule is O=C(/C=C\C(=O)ON(Cl)c1ccccc1)ON(Cl)c1ccccc1. The van der Waals surface area contributed by atoms with Gasteiger partial charge >= 0.3 is 11.9 Å². The molecule has 0 amide bonds. The predicted octanol–water partition coefficient (Wildman–Crippen LogP) is 3.78. The van der Waals surface area contributed by atoms with E-state index >= 15 is 0 Å². The molecule has 0 fully saturated rings. The summed E-state index contributed by atoms with van der Waals surface area (Å²) in [5.41, 5.74) is 0.916. The quantitative estimate of drug-likeness (QED) is 0.440. The lowest BCUT2D eigenvalue weighted by atomic mass is 10.3. The Balaban J connectivity index is 1.83. The number of benzene rings is 2. The third-order valence-electron chi connectivity index (χ3n) is 2.61. The first kappa shape index (κ1) is 17.7. The van der Waals surface area contributed by atoms with E-state index in [0.717, 1.165) is 21.3 Å². The lowest BCUT2D eigenvalue weighted by molar-refractivity contribution is -0.139. The maximum Gasteiger partial charge on any atom is 0.358 e. The van der Waals surface area contributed by atoms with Crippen LogP contribution in [0.15, 0.2) is 72.8 Å². The van der Waals surface area contributed by atoms with Crippen molar-refractivity contribution in [1.29, 1.82) is 0 Å². The van der Waals surface area contributed by atoms with E-state index in [-0.39, 0.29) is 0 Å². The molecule has 0 saturated heterocycles. The minimum Gasteiger partial charge on any atom is -0.320 e. The molecule has 0 aromatic heterocycles. The van der Waals surface area contributed by atoms with Gasteiger partial charge in [-0.3, -0.25) is 0 Å². The zero-order valence-electron chi connectivity index (χ0n) is 12.2. The lowest BCUT2D eigenvalue weighted by Gasteiger charge is -2.13. The third-order valence-corrected chi connectivity index (χ3v) is 3.14. The first-order valence-electron chi connectivity index (χ1n) is 6.70. The zero-order valence-corrected chi connectivity index (χ0v) is 13.7. The summed E-state index contributed by atoms with van der Waals surface area (Å²) in [6.07, 6.45) is 1.74. The maximum atomic E-state index is 11.6. The van der Waals surface area contributed by atoms with Gasteiger partial charge in [0.2, 0.25) is 0 Å². The first-order valence-corrected chi connectivity index (χ1v) is 7.38. The van der Waals surface area contributed by atoms with E-state index in [9.17, 15) is 9.59 Å². The fourth-order valence-electron chi connectivity index (χ4n) is 1.55. The molecule has 8 heteroatoms. The van der Waals surface area contributed by atoms with Gasteiger partial charge in [-0.05, 0) is 24.3 Å².